The summed E-state index contributed by atoms with van der Waals surface area (Å²) < 4.78 is 5.66. The molecule has 2 aliphatic rings. The number of benzene rings is 1. The summed E-state index contributed by atoms with van der Waals surface area (Å²) in [5.41, 5.74) is 2.99. The summed E-state index contributed by atoms with van der Waals surface area (Å²) in [4.78, 5) is 0. The minimum absolute atomic E-state index is 0.708. The van der Waals surface area contributed by atoms with Gasteiger partial charge in [0.15, 0.2) is 0 Å². The number of hydrogen-bond acceptors (Lipinski definition) is 2. The highest BCUT2D eigenvalue weighted by Crippen LogP contribution is 2.40. The first-order chi connectivity index (χ1) is 10.8. The number of rotatable bonds is 4. The Hall–Kier alpha value is -1.02. The Kier molecular flexibility index (Phi) is 5.41. The maximum absolute atomic E-state index is 5.66. The molecule has 0 amide bonds. The summed E-state index contributed by atoms with van der Waals surface area (Å²) in [6, 6.07) is 6.96. The molecule has 1 aliphatic carbocycles. The summed E-state index contributed by atoms with van der Waals surface area (Å²) >= 11 is 0. The van der Waals surface area contributed by atoms with Crippen LogP contribution < -0.4 is 10.1 Å². The minimum Gasteiger partial charge on any atom is -0.496 e. The van der Waals surface area contributed by atoms with Crippen LogP contribution in [0, 0.1) is 11.8 Å². The average molecular weight is 301 g/mol. The van der Waals surface area contributed by atoms with E-state index in [9.17, 15) is 0 Å². The number of piperidine rings is 1. The van der Waals surface area contributed by atoms with E-state index in [2.05, 4.69) is 30.4 Å². The van der Waals surface area contributed by atoms with Gasteiger partial charge in [-0.2, -0.15) is 0 Å². The number of nitrogens with one attached hydrogen (secondary N) is 1. The van der Waals surface area contributed by atoms with Crippen LogP contribution in [0.4, 0.5) is 0 Å². The molecule has 0 aromatic heterocycles. The minimum atomic E-state index is 0.708. The molecule has 0 radical (unpaired) electrons. The Labute approximate surface area is 135 Å². The summed E-state index contributed by atoms with van der Waals surface area (Å²) in [6.07, 6.45) is 9.27. The van der Waals surface area contributed by atoms with Gasteiger partial charge in [0, 0.05) is 0 Å². The van der Waals surface area contributed by atoms with Crippen LogP contribution >= 0.6 is 0 Å². The molecule has 0 spiro atoms. The summed E-state index contributed by atoms with van der Waals surface area (Å²) in [7, 11) is 1.82. The fourth-order valence-corrected chi connectivity index (χ4v) is 4.22. The molecule has 2 fully saturated rings. The third-order valence-electron chi connectivity index (χ3n) is 5.73. The first-order valence-electron chi connectivity index (χ1n) is 9.13. The Bertz CT molecular complexity index is 471. The SMILES string of the molecule is COc1ccc(CC2CCNCC2)cc1C1CCC(C)CC1. The molecular weight excluding hydrogens is 270 g/mol. The van der Waals surface area contributed by atoms with E-state index in [1.54, 1.807) is 0 Å². The molecule has 122 valence electrons. The number of methoxy groups -OCH3 is 1. The van der Waals surface area contributed by atoms with Crippen molar-refractivity contribution in [2.24, 2.45) is 11.8 Å². The normalized spacial score (nSPS) is 26.8. The van der Waals surface area contributed by atoms with Gasteiger partial charge in [0.2, 0.25) is 0 Å². The topological polar surface area (TPSA) is 21.3 Å². The van der Waals surface area contributed by atoms with Crippen molar-refractivity contribution in [2.75, 3.05) is 20.2 Å². The molecule has 1 aliphatic heterocycles. The third kappa shape index (κ3) is 3.84. The van der Waals surface area contributed by atoms with Crippen molar-refractivity contribution >= 4 is 0 Å². The van der Waals surface area contributed by atoms with Crippen LogP contribution in [0.15, 0.2) is 18.2 Å². The van der Waals surface area contributed by atoms with E-state index in [0.717, 1.165) is 17.6 Å². The fraction of sp³-hybridized carbons (Fsp3) is 0.700. The maximum Gasteiger partial charge on any atom is 0.122 e. The maximum atomic E-state index is 5.66. The zero-order chi connectivity index (χ0) is 15.4. The Balaban J connectivity index is 1.73. The van der Waals surface area contributed by atoms with Crippen LogP contribution in [0.1, 0.15) is 62.5 Å². The van der Waals surface area contributed by atoms with Crippen molar-refractivity contribution in [3.8, 4) is 5.75 Å². The van der Waals surface area contributed by atoms with Crippen molar-refractivity contribution in [1.82, 2.24) is 5.32 Å². The van der Waals surface area contributed by atoms with Crippen molar-refractivity contribution in [1.29, 1.82) is 0 Å². The van der Waals surface area contributed by atoms with Gasteiger partial charge in [-0.15, -0.1) is 0 Å². The lowest BCUT2D eigenvalue weighted by Gasteiger charge is -2.28. The molecule has 1 aromatic rings. The van der Waals surface area contributed by atoms with Gasteiger partial charge in [-0.3, -0.25) is 0 Å². The molecule has 1 heterocycles. The first-order valence-corrected chi connectivity index (χ1v) is 9.13. The molecule has 0 atom stereocenters. The molecule has 1 aromatic carbocycles. The second kappa shape index (κ2) is 7.50. The van der Waals surface area contributed by atoms with Gasteiger partial charge in [0.05, 0.1) is 7.11 Å². The Morgan fingerprint density at radius 3 is 2.45 bits per heavy atom. The standard InChI is InChI=1S/C20H31NO/c1-15-3-6-18(7-4-15)19-14-17(5-8-20(19)22-2)13-16-9-11-21-12-10-16/h5,8,14-16,18,21H,3-4,6-7,9-13H2,1-2H3. The van der Waals surface area contributed by atoms with Gasteiger partial charge in [-0.1, -0.05) is 31.9 Å². The molecule has 3 rings (SSSR count). The van der Waals surface area contributed by atoms with E-state index in [1.807, 2.05) is 7.11 Å². The zero-order valence-corrected chi connectivity index (χ0v) is 14.2. The molecule has 22 heavy (non-hydrogen) atoms. The highest BCUT2D eigenvalue weighted by atomic mass is 16.5. The van der Waals surface area contributed by atoms with Crippen molar-refractivity contribution in [2.45, 2.75) is 57.8 Å². The third-order valence-corrected chi connectivity index (χ3v) is 5.73. The van der Waals surface area contributed by atoms with Crippen LogP contribution in [0.5, 0.6) is 5.75 Å². The highest BCUT2D eigenvalue weighted by molar-refractivity contribution is 5.40. The van der Waals surface area contributed by atoms with Gasteiger partial charge >= 0.3 is 0 Å². The molecule has 2 nitrogen and oxygen atoms in total. The van der Waals surface area contributed by atoms with Gasteiger partial charge in [0.1, 0.15) is 5.75 Å². The van der Waals surface area contributed by atoms with Gasteiger partial charge in [0.25, 0.3) is 0 Å². The zero-order valence-electron chi connectivity index (χ0n) is 14.2. The van der Waals surface area contributed by atoms with Crippen molar-refractivity contribution in [3.05, 3.63) is 29.3 Å². The summed E-state index contributed by atoms with van der Waals surface area (Å²) in [6.45, 7) is 4.77. The second-order valence-electron chi connectivity index (χ2n) is 7.43. The average Bonchev–Trinajstić information content (AvgIpc) is 2.56. The summed E-state index contributed by atoms with van der Waals surface area (Å²) in [5.74, 6) is 3.57. The number of hydrogen-bond donors (Lipinski definition) is 1. The van der Waals surface area contributed by atoms with E-state index in [1.165, 1.54) is 69.2 Å². The second-order valence-corrected chi connectivity index (χ2v) is 7.43. The van der Waals surface area contributed by atoms with E-state index in [4.69, 9.17) is 4.74 Å². The summed E-state index contributed by atoms with van der Waals surface area (Å²) in [5, 5.41) is 3.47. The molecule has 1 N–H and O–H groups in total. The number of ether oxygens (including phenoxy) is 1. The van der Waals surface area contributed by atoms with Crippen LogP contribution in [0.25, 0.3) is 0 Å². The lowest BCUT2D eigenvalue weighted by Crippen LogP contribution is -2.28. The van der Waals surface area contributed by atoms with E-state index >= 15 is 0 Å². The van der Waals surface area contributed by atoms with Crippen molar-refractivity contribution in [3.63, 3.8) is 0 Å². The monoisotopic (exact) mass is 301 g/mol. The molecule has 1 saturated heterocycles. The lowest BCUT2D eigenvalue weighted by atomic mass is 9.78. The largest absolute Gasteiger partial charge is 0.496 e. The predicted molar refractivity (Wildman–Crippen MR) is 92.7 cm³/mol. The van der Waals surface area contributed by atoms with E-state index < -0.39 is 0 Å². The van der Waals surface area contributed by atoms with Crippen LogP contribution in [0.2, 0.25) is 0 Å². The molecular formula is C20H31NO. The van der Waals surface area contributed by atoms with E-state index in [0.29, 0.717) is 5.92 Å². The molecule has 0 bridgehead atoms. The fourth-order valence-electron chi connectivity index (χ4n) is 4.22. The smallest absolute Gasteiger partial charge is 0.122 e. The van der Waals surface area contributed by atoms with Gasteiger partial charge in [-0.05, 0) is 80.1 Å². The first kappa shape index (κ1) is 15.9. The predicted octanol–water partition coefficient (Wildman–Crippen LogP) is 4.53. The molecule has 2 heteroatoms. The lowest BCUT2D eigenvalue weighted by molar-refractivity contribution is 0.335. The quantitative estimate of drug-likeness (QED) is 0.882. The molecule has 0 unspecified atom stereocenters. The van der Waals surface area contributed by atoms with E-state index in [-0.39, 0.29) is 0 Å². The van der Waals surface area contributed by atoms with Crippen LogP contribution in [0.3, 0.4) is 0 Å². The Morgan fingerprint density at radius 2 is 1.77 bits per heavy atom. The van der Waals surface area contributed by atoms with Crippen LogP contribution in [-0.2, 0) is 6.42 Å². The van der Waals surface area contributed by atoms with Crippen LogP contribution in [-0.4, -0.2) is 20.2 Å². The highest BCUT2D eigenvalue weighted by Gasteiger charge is 2.23. The van der Waals surface area contributed by atoms with Gasteiger partial charge < -0.3 is 10.1 Å². The van der Waals surface area contributed by atoms with Crippen molar-refractivity contribution < 1.29 is 4.74 Å². The Morgan fingerprint density at radius 1 is 1.05 bits per heavy atom. The van der Waals surface area contributed by atoms with Gasteiger partial charge in [-0.25, -0.2) is 0 Å². The molecule has 1 saturated carbocycles.